The van der Waals surface area contributed by atoms with Crippen LogP contribution >= 0.6 is 0 Å². The van der Waals surface area contributed by atoms with Gasteiger partial charge in [0, 0.05) is 47.9 Å². The number of carbonyl (C=O) groups excluding carboxylic acids is 1. The Morgan fingerprint density at radius 1 is 1.05 bits per heavy atom. The molecule has 2 aromatic heterocycles. The quantitative estimate of drug-likeness (QED) is 0.259. The molecule has 0 radical (unpaired) electrons. The summed E-state index contributed by atoms with van der Waals surface area (Å²) in [7, 11) is 0. The van der Waals surface area contributed by atoms with Crippen molar-refractivity contribution >= 4 is 11.6 Å². The average molecular weight is 581 g/mol. The molecule has 42 heavy (non-hydrogen) atoms. The van der Waals surface area contributed by atoms with Gasteiger partial charge >= 0.3 is 6.08 Å². The first-order valence-electron chi connectivity index (χ1n) is 15.5. The molecule has 3 aromatic rings. The molecule has 8 nitrogen and oxygen atoms in total. The Kier molecular flexibility index (Phi) is 6.85. The SMILES string of the molecule is CCOc1ncc(-c2cccc(N(CC34CCC(c5nc(C6CC6)no5)(CC3)CC4)C(=O)C3CCC(F)(F)CC3)c2)o1. The zero-order chi connectivity index (χ0) is 29.0. The highest BCUT2D eigenvalue weighted by Crippen LogP contribution is 2.58. The molecule has 5 fully saturated rings. The van der Waals surface area contributed by atoms with Gasteiger partial charge in [-0.2, -0.15) is 9.97 Å². The first-order valence-corrected chi connectivity index (χ1v) is 15.5. The molecular formula is C32H38F2N4O4. The third kappa shape index (κ3) is 5.22. The number of benzene rings is 1. The van der Waals surface area contributed by atoms with Gasteiger partial charge in [0.2, 0.25) is 17.7 Å². The summed E-state index contributed by atoms with van der Waals surface area (Å²) >= 11 is 0. The van der Waals surface area contributed by atoms with E-state index in [0.717, 1.165) is 74.3 Å². The van der Waals surface area contributed by atoms with Crippen molar-refractivity contribution in [2.24, 2.45) is 11.3 Å². The van der Waals surface area contributed by atoms with E-state index < -0.39 is 11.8 Å². The fourth-order valence-corrected chi connectivity index (χ4v) is 7.33. The number of anilines is 1. The molecule has 0 N–H and O–H groups in total. The van der Waals surface area contributed by atoms with Gasteiger partial charge in [0.1, 0.15) is 0 Å². The number of alkyl halides is 2. The summed E-state index contributed by atoms with van der Waals surface area (Å²) in [6.45, 7) is 2.87. The molecular weight excluding hydrogens is 542 g/mol. The Morgan fingerprint density at radius 2 is 1.79 bits per heavy atom. The fourth-order valence-electron chi connectivity index (χ4n) is 7.33. The zero-order valence-electron chi connectivity index (χ0n) is 24.1. The van der Waals surface area contributed by atoms with E-state index in [0.29, 0.717) is 24.8 Å². The van der Waals surface area contributed by atoms with E-state index in [4.69, 9.17) is 18.7 Å². The monoisotopic (exact) mass is 580 g/mol. The summed E-state index contributed by atoms with van der Waals surface area (Å²) in [5.41, 5.74) is 1.42. The van der Waals surface area contributed by atoms with Crippen molar-refractivity contribution in [1.82, 2.24) is 15.1 Å². The second kappa shape index (κ2) is 10.5. The summed E-state index contributed by atoms with van der Waals surface area (Å²) in [6, 6.07) is 7.69. The van der Waals surface area contributed by atoms with Gasteiger partial charge in [-0.1, -0.05) is 17.3 Å². The number of ether oxygens (including phenoxy) is 1. The van der Waals surface area contributed by atoms with Gasteiger partial charge in [-0.05, 0) is 88.7 Å². The smallest absolute Gasteiger partial charge is 0.394 e. The fraction of sp³-hybridized carbons (Fsp3) is 0.625. The minimum Gasteiger partial charge on any atom is -0.450 e. The molecule has 0 saturated heterocycles. The molecule has 5 saturated carbocycles. The summed E-state index contributed by atoms with van der Waals surface area (Å²) in [4.78, 5) is 25.0. The summed E-state index contributed by atoms with van der Waals surface area (Å²) < 4.78 is 45.0. The van der Waals surface area contributed by atoms with Gasteiger partial charge in [-0.25, -0.2) is 8.78 Å². The number of fused-ring (bicyclic) bond motifs is 3. The second-order valence-electron chi connectivity index (χ2n) is 13.0. The third-order valence-electron chi connectivity index (χ3n) is 10.3. The number of hydrogen-bond donors (Lipinski definition) is 0. The molecule has 8 rings (SSSR count). The van der Waals surface area contributed by atoms with Crippen LogP contribution in [0.25, 0.3) is 11.3 Å². The molecule has 2 bridgehead atoms. The molecule has 1 amide bonds. The van der Waals surface area contributed by atoms with Crippen molar-refractivity contribution in [3.05, 3.63) is 42.2 Å². The minimum absolute atomic E-state index is 0.0419. The lowest BCUT2D eigenvalue weighted by atomic mass is 9.53. The maximum atomic E-state index is 14.1. The molecule has 0 atom stereocenters. The third-order valence-corrected chi connectivity index (χ3v) is 10.3. The van der Waals surface area contributed by atoms with Crippen molar-refractivity contribution in [1.29, 1.82) is 0 Å². The lowest BCUT2D eigenvalue weighted by Crippen LogP contribution is -2.52. The predicted molar refractivity (Wildman–Crippen MR) is 150 cm³/mol. The van der Waals surface area contributed by atoms with Crippen LogP contribution in [0.1, 0.15) is 102 Å². The van der Waals surface area contributed by atoms with E-state index >= 15 is 0 Å². The first-order chi connectivity index (χ1) is 20.3. The highest BCUT2D eigenvalue weighted by molar-refractivity contribution is 5.95. The van der Waals surface area contributed by atoms with Gasteiger partial charge in [0.05, 0.1) is 12.8 Å². The van der Waals surface area contributed by atoms with Crippen molar-refractivity contribution in [2.75, 3.05) is 18.1 Å². The normalized spacial score (nSPS) is 27.2. The van der Waals surface area contributed by atoms with E-state index in [1.807, 2.05) is 36.1 Å². The van der Waals surface area contributed by atoms with Crippen LogP contribution in [0.3, 0.4) is 0 Å². The van der Waals surface area contributed by atoms with E-state index in [9.17, 15) is 13.6 Å². The lowest BCUT2D eigenvalue weighted by molar-refractivity contribution is -0.127. The summed E-state index contributed by atoms with van der Waals surface area (Å²) in [5, 5.41) is 4.29. The van der Waals surface area contributed by atoms with Crippen LogP contribution in [0.2, 0.25) is 0 Å². The topological polar surface area (TPSA) is 94.5 Å². The Morgan fingerprint density at radius 3 is 2.48 bits per heavy atom. The lowest BCUT2D eigenvalue weighted by Gasteiger charge is -2.53. The van der Waals surface area contributed by atoms with E-state index in [1.54, 1.807) is 6.20 Å². The number of aromatic nitrogens is 3. The molecule has 224 valence electrons. The number of oxazole rings is 1. The minimum atomic E-state index is -2.69. The Labute approximate surface area is 244 Å². The highest BCUT2D eigenvalue weighted by atomic mass is 19.3. The standard InChI is InChI=1S/C32H38F2N4O4/c1-2-40-29-35-19-25(41-29)23-4-3-5-24(18-23)38(27(39)22-8-10-32(33,34)11-9-22)20-30-12-15-31(16-13-30,17-14-30)28-36-26(37-42-28)21-6-7-21/h3-5,18-19,21-22H,2,6-17,20H2,1H3. The van der Waals surface area contributed by atoms with Crippen molar-refractivity contribution in [3.8, 4) is 17.4 Å². The second-order valence-corrected chi connectivity index (χ2v) is 13.0. The number of halogens is 2. The Hall–Kier alpha value is -3.30. The summed E-state index contributed by atoms with van der Waals surface area (Å²) in [6.07, 6.45) is 9.77. The van der Waals surface area contributed by atoms with Gasteiger partial charge in [-0.15, -0.1) is 0 Å². The zero-order valence-corrected chi connectivity index (χ0v) is 24.1. The molecule has 0 aliphatic heterocycles. The maximum Gasteiger partial charge on any atom is 0.394 e. The number of nitrogens with zero attached hydrogens (tertiary/aromatic N) is 4. The van der Waals surface area contributed by atoms with Gasteiger partial charge < -0.3 is 18.6 Å². The van der Waals surface area contributed by atoms with Crippen LogP contribution in [0.5, 0.6) is 6.08 Å². The van der Waals surface area contributed by atoms with Crippen LogP contribution in [-0.4, -0.2) is 40.1 Å². The highest BCUT2D eigenvalue weighted by Gasteiger charge is 2.53. The maximum absolute atomic E-state index is 14.1. The van der Waals surface area contributed by atoms with Gasteiger partial charge in [0.25, 0.3) is 0 Å². The number of carbonyl (C=O) groups is 1. The molecule has 1 aromatic carbocycles. The van der Waals surface area contributed by atoms with Gasteiger partial charge in [0.15, 0.2) is 11.6 Å². The van der Waals surface area contributed by atoms with Crippen molar-refractivity contribution in [3.63, 3.8) is 0 Å². The molecule has 5 aliphatic rings. The van der Waals surface area contributed by atoms with Gasteiger partial charge in [-0.3, -0.25) is 4.79 Å². The largest absolute Gasteiger partial charge is 0.450 e. The van der Waals surface area contributed by atoms with E-state index in [1.165, 1.54) is 0 Å². The van der Waals surface area contributed by atoms with Crippen LogP contribution in [0, 0.1) is 11.3 Å². The molecule has 0 spiro atoms. The van der Waals surface area contributed by atoms with Crippen LogP contribution in [0.4, 0.5) is 14.5 Å². The van der Waals surface area contributed by atoms with E-state index in [2.05, 4.69) is 10.1 Å². The number of hydrogen-bond acceptors (Lipinski definition) is 7. The molecule has 5 aliphatic carbocycles. The van der Waals surface area contributed by atoms with Crippen LogP contribution < -0.4 is 9.64 Å². The first kappa shape index (κ1) is 27.5. The van der Waals surface area contributed by atoms with Crippen molar-refractivity contribution < 1.29 is 27.3 Å². The average Bonchev–Trinajstić information content (AvgIpc) is 3.53. The van der Waals surface area contributed by atoms with Crippen LogP contribution in [-0.2, 0) is 10.2 Å². The Balaban J connectivity index is 1.14. The number of rotatable bonds is 9. The van der Waals surface area contributed by atoms with E-state index in [-0.39, 0.29) is 48.5 Å². The van der Waals surface area contributed by atoms with Crippen LogP contribution in [0.15, 0.2) is 39.4 Å². The summed E-state index contributed by atoms with van der Waals surface area (Å²) in [5.74, 6) is -0.495. The predicted octanol–water partition coefficient (Wildman–Crippen LogP) is 7.45. The number of amides is 1. The Bertz CT molecular complexity index is 1410. The molecule has 0 unspecified atom stereocenters. The molecule has 10 heteroatoms. The molecule has 2 heterocycles. The van der Waals surface area contributed by atoms with Crippen molar-refractivity contribution in [2.45, 2.75) is 101 Å².